The second-order valence-corrected chi connectivity index (χ2v) is 6.40. The first-order chi connectivity index (χ1) is 10.5. The predicted octanol–water partition coefficient (Wildman–Crippen LogP) is 3.51. The van der Waals surface area contributed by atoms with Crippen molar-refractivity contribution in [3.8, 4) is 0 Å². The molecule has 1 fully saturated rings. The van der Waals surface area contributed by atoms with E-state index < -0.39 is 4.92 Å². The van der Waals surface area contributed by atoms with Crippen LogP contribution < -0.4 is 5.32 Å². The number of thiazole rings is 1. The first kappa shape index (κ1) is 14.9. The number of nitrogens with one attached hydrogen (secondary N) is 1. The number of nitrogens with zero attached hydrogens (tertiary/aromatic N) is 2. The molecule has 1 saturated carbocycles. The molecule has 1 aliphatic carbocycles. The average molecular weight is 338 g/mol. The number of rotatable bonds is 5. The van der Waals surface area contributed by atoms with Crippen LogP contribution in [0.25, 0.3) is 0 Å². The summed E-state index contributed by atoms with van der Waals surface area (Å²) >= 11 is 7.32. The molecule has 1 aliphatic rings. The molecule has 22 heavy (non-hydrogen) atoms. The molecule has 8 heteroatoms. The van der Waals surface area contributed by atoms with Crippen molar-refractivity contribution in [1.82, 2.24) is 10.3 Å². The number of aromatic nitrogens is 1. The van der Waals surface area contributed by atoms with E-state index in [0.717, 1.165) is 10.7 Å². The van der Waals surface area contributed by atoms with Crippen LogP contribution in [-0.4, -0.2) is 15.8 Å². The van der Waals surface area contributed by atoms with Crippen molar-refractivity contribution >= 4 is 34.5 Å². The van der Waals surface area contributed by atoms with E-state index in [-0.39, 0.29) is 22.2 Å². The van der Waals surface area contributed by atoms with Crippen molar-refractivity contribution in [2.24, 2.45) is 0 Å². The quantitative estimate of drug-likeness (QED) is 0.668. The number of carbonyl (C=O) groups is 1. The molecule has 0 atom stereocenters. The molecule has 1 aromatic carbocycles. The Kier molecular flexibility index (Phi) is 4.08. The zero-order valence-corrected chi connectivity index (χ0v) is 13.0. The van der Waals surface area contributed by atoms with Crippen molar-refractivity contribution < 1.29 is 9.72 Å². The van der Waals surface area contributed by atoms with Crippen LogP contribution in [0.5, 0.6) is 0 Å². The number of hydrogen-bond acceptors (Lipinski definition) is 5. The molecule has 1 heterocycles. The summed E-state index contributed by atoms with van der Waals surface area (Å²) in [4.78, 5) is 26.6. The zero-order chi connectivity index (χ0) is 15.7. The van der Waals surface area contributed by atoms with E-state index in [9.17, 15) is 14.9 Å². The molecule has 1 amide bonds. The lowest BCUT2D eigenvalue weighted by molar-refractivity contribution is -0.384. The molecule has 0 radical (unpaired) electrons. The highest BCUT2D eigenvalue weighted by Gasteiger charge is 2.26. The van der Waals surface area contributed by atoms with Crippen LogP contribution in [-0.2, 0) is 6.54 Å². The first-order valence-corrected chi connectivity index (χ1v) is 7.97. The molecule has 0 spiro atoms. The maximum atomic E-state index is 12.0. The van der Waals surface area contributed by atoms with Gasteiger partial charge >= 0.3 is 0 Å². The van der Waals surface area contributed by atoms with Crippen LogP contribution in [0.4, 0.5) is 5.69 Å². The average Bonchev–Trinajstić information content (AvgIpc) is 3.23. The first-order valence-electron chi connectivity index (χ1n) is 6.71. The van der Waals surface area contributed by atoms with Gasteiger partial charge < -0.3 is 5.32 Å². The number of nitro benzene ring substituents is 1. The van der Waals surface area contributed by atoms with Gasteiger partial charge in [0, 0.05) is 22.9 Å². The van der Waals surface area contributed by atoms with E-state index in [1.54, 1.807) is 0 Å². The molecule has 2 aromatic rings. The molecular weight excluding hydrogens is 326 g/mol. The van der Waals surface area contributed by atoms with Crippen LogP contribution in [0.15, 0.2) is 23.6 Å². The van der Waals surface area contributed by atoms with E-state index in [4.69, 9.17) is 11.6 Å². The summed E-state index contributed by atoms with van der Waals surface area (Å²) in [6.07, 6.45) is 2.38. The summed E-state index contributed by atoms with van der Waals surface area (Å²) in [6.45, 7) is 0.338. The fourth-order valence-corrected chi connectivity index (χ4v) is 3.09. The maximum Gasteiger partial charge on any atom is 0.287 e. The minimum atomic E-state index is -0.584. The summed E-state index contributed by atoms with van der Waals surface area (Å²) < 4.78 is 0. The highest BCUT2D eigenvalue weighted by molar-refractivity contribution is 7.09. The normalized spacial score (nSPS) is 13.9. The molecular formula is C14H12ClN3O3S. The number of carbonyl (C=O) groups excluding carboxylic acids is 1. The van der Waals surface area contributed by atoms with Gasteiger partial charge in [0.2, 0.25) is 0 Å². The fourth-order valence-electron chi connectivity index (χ4n) is 2.03. The minimum absolute atomic E-state index is 0.0529. The monoisotopic (exact) mass is 337 g/mol. The SMILES string of the molecule is O=C(NCc1nc(C2CC2)cs1)c1ccc([N+](=O)[O-])c(Cl)c1. The van der Waals surface area contributed by atoms with Crippen LogP contribution in [0.2, 0.25) is 5.02 Å². The Labute approximate surface area is 135 Å². The summed E-state index contributed by atoms with van der Waals surface area (Å²) in [6, 6.07) is 3.91. The summed E-state index contributed by atoms with van der Waals surface area (Å²) in [5.41, 5.74) is 1.18. The van der Waals surface area contributed by atoms with E-state index in [1.165, 1.54) is 42.4 Å². The Balaban J connectivity index is 1.63. The van der Waals surface area contributed by atoms with Gasteiger partial charge in [-0.25, -0.2) is 4.98 Å². The van der Waals surface area contributed by atoms with Crippen LogP contribution in [0.3, 0.4) is 0 Å². The third-order valence-electron chi connectivity index (χ3n) is 3.37. The lowest BCUT2D eigenvalue weighted by Crippen LogP contribution is -2.22. The number of halogens is 1. The van der Waals surface area contributed by atoms with E-state index >= 15 is 0 Å². The summed E-state index contributed by atoms with van der Waals surface area (Å²) in [5.74, 6) is 0.258. The topological polar surface area (TPSA) is 85.1 Å². The highest BCUT2D eigenvalue weighted by Crippen LogP contribution is 2.40. The molecule has 3 rings (SSSR count). The molecule has 0 bridgehead atoms. The summed E-state index contributed by atoms with van der Waals surface area (Å²) in [5, 5.41) is 16.3. The van der Waals surface area contributed by atoms with E-state index in [0.29, 0.717) is 12.5 Å². The zero-order valence-electron chi connectivity index (χ0n) is 11.4. The Bertz CT molecular complexity index is 743. The maximum absolute atomic E-state index is 12.0. The molecule has 1 aromatic heterocycles. The van der Waals surface area contributed by atoms with Gasteiger partial charge in [0.25, 0.3) is 11.6 Å². The Morgan fingerprint density at radius 1 is 1.50 bits per heavy atom. The van der Waals surface area contributed by atoms with Gasteiger partial charge in [-0.15, -0.1) is 11.3 Å². The van der Waals surface area contributed by atoms with Crippen molar-refractivity contribution in [2.75, 3.05) is 0 Å². The third-order valence-corrected chi connectivity index (χ3v) is 4.54. The molecule has 0 aliphatic heterocycles. The van der Waals surface area contributed by atoms with Gasteiger partial charge in [-0.2, -0.15) is 0 Å². The van der Waals surface area contributed by atoms with Gasteiger partial charge in [-0.1, -0.05) is 11.6 Å². The van der Waals surface area contributed by atoms with Gasteiger partial charge in [-0.05, 0) is 25.0 Å². The second kappa shape index (κ2) is 6.02. The van der Waals surface area contributed by atoms with Crippen LogP contribution in [0.1, 0.15) is 39.8 Å². The predicted molar refractivity (Wildman–Crippen MR) is 83.4 cm³/mol. The number of nitro groups is 1. The Hall–Kier alpha value is -1.99. The molecule has 0 saturated heterocycles. The van der Waals surface area contributed by atoms with E-state index in [1.807, 2.05) is 5.38 Å². The molecule has 0 unspecified atom stereocenters. The fraction of sp³-hybridized carbons (Fsp3) is 0.286. The van der Waals surface area contributed by atoms with Crippen molar-refractivity contribution in [1.29, 1.82) is 0 Å². The molecule has 6 nitrogen and oxygen atoms in total. The number of benzene rings is 1. The number of amides is 1. The third kappa shape index (κ3) is 3.26. The molecule has 114 valence electrons. The van der Waals surface area contributed by atoms with Gasteiger partial charge in [0.05, 0.1) is 17.2 Å². The minimum Gasteiger partial charge on any atom is -0.346 e. The Morgan fingerprint density at radius 2 is 2.27 bits per heavy atom. The van der Waals surface area contributed by atoms with Gasteiger partial charge in [0.15, 0.2) is 0 Å². The Morgan fingerprint density at radius 3 is 2.91 bits per heavy atom. The summed E-state index contributed by atoms with van der Waals surface area (Å²) in [7, 11) is 0. The smallest absolute Gasteiger partial charge is 0.287 e. The lowest BCUT2D eigenvalue weighted by atomic mass is 10.2. The van der Waals surface area contributed by atoms with E-state index in [2.05, 4.69) is 10.3 Å². The van der Waals surface area contributed by atoms with Crippen molar-refractivity contribution in [2.45, 2.75) is 25.3 Å². The van der Waals surface area contributed by atoms with Crippen LogP contribution >= 0.6 is 22.9 Å². The van der Waals surface area contributed by atoms with Crippen LogP contribution in [0, 0.1) is 10.1 Å². The standard InChI is InChI=1S/C14H12ClN3O3S/c15-10-5-9(3-4-12(10)18(20)21)14(19)16-6-13-17-11(7-22-13)8-1-2-8/h3-5,7-8H,1-2,6H2,(H,16,19). The highest BCUT2D eigenvalue weighted by atomic mass is 35.5. The largest absolute Gasteiger partial charge is 0.346 e. The van der Waals surface area contributed by atoms with Crippen molar-refractivity contribution in [3.05, 3.63) is 55.0 Å². The number of hydrogen-bond donors (Lipinski definition) is 1. The van der Waals surface area contributed by atoms with Gasteiger partial charge in [0.1, 0.15) is 10.0 Å². The van der Waals surface area contributed by atoms with Gasteiger partial charge in [-0.3, -0.25) is 14.9 Å². The van der Waals surface area contributed by atoms with Crippen molar-refractivity contribution in [3.63, 3.8) is 0 Å². The molecule has 1 N–H and O–H groups in total. The lowest BCUT2D eigenvalue weighted by Gasteiger charge is -2.04. The second-order valence-electron chi connectivity index (χ2n) is 5.05.